The van der Waals surface area contributed by atoms with Gasteiger partial charge in [0.25, 0.3) is 0 Å². The Morgan fingerprint density at radius 1 is 1.09 bits per heavy atom. The van der Waals surface area contributed by atoms with Crippen LogP contribution in [0, 0.1) is 7.43 Å². The normalized spacial score (nSPS) is 17.2. The third kappa shape index (κ3) is 6.78. The van der Waals surface area contributed by atoms with Crippen molar-refractivity contribution < 1.29 is 32.0 Å². The van der Waals surface area contributed by atoms with Gasteiger partial charge in [-0.1, -0.05) is 0 Å². The largest absolute Gasteiger partial charge is 1.00 e. The number of methoxy groups -OCH3 is 1. The zero-order valence-electron chi connectivity index (χ0n) is 7.34. The van der Waals surface area contributed by atoms with E-state index in [1.54, 1.807) is 13.8 Å². The average Bonchev–Trinajstić information content (AvgIpc) is 1.64. The molecule has 3 nitrogen and oxygen atoms in total. The molecule has 0 saturated heterocycles. The molecular weight excluding hydrogens is 196 g/mol. The fraction of sp³-hybridized carbons (Fsp3) is 0.857. The number of aliphatic hydroxyl groups is 2. The molecule has 0 aromatic rings. The summed E-state index contributed by atoms with van der Waals surface area (Å²) >= 11 is 0. The van der Waals surface area contributed by atoms with Gasteiger partial charge < -0.3 is 22.4 Å². The molecule has 0 aliphatic carbocycles. The van der Waals surface area contributed by atoms with Gasteiger partial charge in [0.2, 0.25) is 0 Å². The monoisotopic (exact) mass is 212 g/mol. The van der Waals surface area contributed by atoms with Gasteiger partial charge in [0.15, 0.2) is 0 Å². The molecule has 0 spiro atoms. The van der Waals surface area contributed by atoms with Crippen LogP contribution in [0.4, 0.5) is 0 Å². The van der Waals surface area contributed by atoms with Crippen LogP contribution in [0.3, 0.4) is 0 Å². The van der Waals surface area contributed by atoms with Gasteiger partial charge >= 0.3 is 17.1 Å². The topological polar surface area (TPSA) is 49.7 Å². The molecule has 2 atom stereocenters. The van der Waals surface area contributed by atoms with E-state index < -0.39 is 18.3 Å². The van der Waals surface area contributed by atoms with Crippen molar-refractivity contribution in [1.82, 2.24) is 0 Å². The van der Waals surface area contributed by atoms with Crippen LogP contribution in [0.2, 0.25) is 0 Å². The number of hydrogen-bond acceptors (Lipinski definition) is 3. The summed E-state index contributed by atoms with van der Waals surface area (Å²) in [4.78, 5) is 0. The molecule has 0 saturated carbocycles. The molecule has 0 fully saturated rings. The van der Waals surface area contributed by atoms with E-state index in [1.807, 2.05) is 0 Å². The van der Waals surface area contributed by atoms with Gasteiger partial charge in [0, 0.05) is 7.11 Å². The summed E-state index contributed by atoms with van der Waals surface area (Å²) in [6, 6.07) is 0. The zero-order chi connectivity index (χ0) is 7.44. The van der Waals surface area contributed by atoms with Crippen molar-refractivity contribution in [2.45, 2.75) is 32.2 Å². The van der Waals surface area contributed by atoms with Crippen molar-refractivity contribution in [2.24, 2.45) is 0 Å². The summed E-state index contributed by atoms with van der Waals surface area (Å²) in [5, 5.41) is 17.8. The second-order valence-corrected chi connectivity index (χ2v) is 2.18. The van der Waals surface area contributed by atoms with Crippen molar-refractivity contribution in [3.05, 3.63) is 7.43 Å². The second-order valence-electron chi connectivity index (χ2n) is 2.18. The van der Waals surface area contributed by atoms with Crippen molar-refractivity contribution in [1.29, 1.82) is 0 Å². The van der Waals surface area contributed by atoms with Gasteiger partial charge in [0.05, 0.1) is 12.2 Å². The molecule has 0 aromatic carbocycles. The van der Waals surface area contributed by atoms with Crippen LogP contribution in [0.15, 0.2) is 0 Å². The zero-order valence-corrected chi connectivity index (χ0v) is 8.28. The second kappa shape index (κ2) is 8.50. The van der Waals surface area contributed by atoms with E-state index in [-0.39, 0.29) is 24.5 Å². The van der Waals surface area contributed by atoms with E-state index in [0.29, 0.717) is 0 Å². The summed E-state index contributed by atoms with van der Waals surface area (Å²) in [5.41, 5.74) is 0. The summed E-state index contributed by atoms with van der Waals surface area (Å²) in [7, 11) is 1.46. The predicted octanol–water partition coefficient (Wildman–Crippen LogP) is 0.211. The maximum absolute atomic E-state index is 8.90. The Bertz CT molecular complexity index is 68.1. The number of hydrogen-bond donors (Lipinski definition) is 2. The predicted molar refractivity (Wildman–Crippen MR) is 40.6 cm³/mol. The molecule has 0 radical (unpaired) electrons. The van der Waals surface area contributed by atoms with Crippen LogP contribution in [0.1, 0.15) is 13.8 Å². The first-order chi connectivity index (χ1) is 4.09. The van der Waals surface area contributed by atoms with E-state index in [1.165, 1.54) is 7.11 Å². The van der Waals surface area contributed by atoms with Crippen molar-refractivity contribution in [3.63, 3.8) is 0 Å². The van der Waals surface area contributed by atoms with Crippen LogP contribution >= 0.6 is 0 Å². The van der Waals surface area contributed by atoms with Crippen LogP contribution in [0.25, 0.3) is 0 Å². The van der Waals surface area contributed by atoms with Gasteiger partial charge in [-0.2, -0.15) is 0 Å². The standard InChI is InChI=1S/C6H14O3.CH3.Cu/c1-4(7)6(9-3)5(2)8;;/h4-8H,1-3H3;1H3;/q;-1;+1. The Morgan fingerprint density at radius 2 is 1.36 bits per heavy atom. The van der Waals surface area contributed by atoms with E-state index >= 15 is 0 Å². The maximum Gasteiger partial charge on any atom is 1.00 e. The minimum absolute atomic E-state index is 0. The van der Waals surface area contributed by atoms with Gasteiger partial charge in [-0.3, -0.25) is 0 Å². The minimum Gasteiger partial charge on any atom is -0.391 e. The Kier molecular flexibility index (Phi) is 13.5. The quantitative estimate of drug-likeness (QED) is 0.520. The van der Waals surface area contributed by atoms with Crippen molar-refractivity contribution >= 4 is 0 Å². The summed E-state index contributed by atoms with van der Waals surface area (Å²) in [5.74, 6) is 0. The van der Waals surface area contributed by atoms with Gasteiger partial charge in [0.1, 0.15) is 6.10 Å². The van der Waals surface area contributed by atoms with Crippen LogP contribution < -0.4 is 0 Å². The summed E-state index contributed by atoms with van der Waals surface area (Å²) in [6.07, 6.45) is -1.70. The molecular formula is C7H17CuO3. The first kappa shape index (κ1) is 17.5. The SMILES string of the molecule is COC(C(C)O)C(C)O.[CH3-].[Cu+]. The molecule has 4 heteroatoms. The maximum atomic E-state index is 8.90. The summed E-state index contributed by atoms with van der Waals surface area (Å²) in [6.45, 7) is 3.17. The van der Waals surface area contributed by atoms with E-state index in [2.05, 4.69) is 0 Å². The molecule has 0 bridgehead atoms. The number of ether oxygens (including phenoxy) is 1. The van der Waals surface area contributed by atoms with E-state index in [4.69, 9.17) is 14.9 Å². The first-order valence-electron chi connectivity index (χ1n) is 2.98. The molecule has 0 amide bonds. The van der Waals surface area contributed by atoms with Crippen molar-refractivity contribution in [2.75, 3.05) is 7.11 Å². The molecule has 0 aromatic heterocycles. The fourth-order valence-electron chi connectivity index (χ4n) is 0.797. The minimum atomic E-state index is -0.616. The number of aliphatic hydroxyl groups excluding tert-OH is 2. The Labute approximate surface area is 79.2 Å². The molecule has 0 heterocycles. The molecule has 0 rings (SSSR count). The smallest absolute Gasteiger partial charge is 0.391 e. The van der Waals surface area contributed by atoms with Gasteiger partial charge in [-0.05, 0) is 13.8 Å². The van der Waals surface area contributed by atoms with Gasteiger partial charge in [-0.15, -0.1) is 0 Å². The molecule has 0 aliphatic heterocycles. The summed E-state index contributed by atoms with van der Waals surface area (Å²) < 4.78 is 4.77. The molecule has 74 valence electrons. The first-order valence-corrected chi connectivity index (χ1v) is 2.98. The number of rotatable bonds is 3. The molecule has 0 aliphatic rings. The Morgan fingerprint density at radius 3 is 1.36 bits per heavy atom. The average molecular weight is 213 g/mol. The van der Waals surface area contributed by atoms with Gasteiger partial charge in [-0.25, -0.2) is 0 Å². The fourth-order valence-corrected chi connectivity index (χ4v) is 0.797. The third-order valence-corrected chi connectivity index (χ3v) is 1.22. The van der Waals surface area contributed by atoms with E-state index in [9.17, 15) is 0 Å². The molecule has 2 unspecified atom stereocenters. The van der Waals surface area contributed by atoms with E-state index in [0.717, 1.165) is 0 Å². The van der Waals surface area contributed by atoms with Crippen LogP contribution in [0.5, 0.6) is 0 Å². The van der Waals surface area contributed by atoms with Crippen LogP contribution in [-0.4, -0.2) is 35.6 Å². The third-order valence-electron chi connectivity index (χ3n) is 1.22. The Hall–Kier alpha value is 0.399. The molecule has 2 N–H and O–H groups in total. The molecule has 11 heavy (non-hydrogen) atoms. The Balaban J connectivity index is -0.000000320. The van der Waals surface area contributed by atoms with Crippen molar-refractivity contribution in [3.8, 4) is 0 Å². The van der Waals surface area contributed by atoms with Crippen LogP contribution in [-0.2, 0) is 21.8 Å².